The van der Waals surface area contributed by atoms with Gasteiger partial charge in [0, 0.05) is 18.4 Å². The molecule has 0 bridgehead atoms. The fourth-order valence-electron chi connectivity index (χ4n) is 1.59. The first-order valence-electron chi connectivity index (χ1n) is 4.76. The Morgan fingerprint density at radius 3 is 3.07 bits per heavy atom. The fraction of sp³-hybridized carbons (Fsp3) is 0.500. The number of morpholine rings is 1. The first-order chi connectivity index (χ1) is 7.07. The number of halogens is 2. The summed E-state index contributed by atoms with van der Waals surface area (Å²) < 4.78 is 30.6. The van der Waals surface area contributed by atoms with Crippen LogP contribution in [-0.4, -0.2) is 24.2 Å². The summed E-state index contributed by atoms with van der Waals surface area (Å²) in [6.07, 6.45) is -2.09. The topological polar surface area (TPSA) is 34.1 Å². The zero-order chi connectivity index (χ0) is 10.9. The molecule has 0 aliphatic carbocycles. The Kier molecular flexibility index (Phi) is 2.67. The van der Waals surface area contributed by atoms with E-state index in [1.54, 1.807) is 18.3 Å². The summed E-state index contributed by atoms with van der Waals surface area (Å²) in [4.78, 5) is 4.01. The van der Waals surface area contributed by atoms with Gasteiger partial charge in [-0.05, 0) is 24.6 Å². The molecule has 82 valence electrons. The van der Waals surface area contributed by atoms with E-state index in [1.165, 1.54) is 0 Å². The lowest BCUT2D eigenvalue weighted by Crippen LogP contribution is -2.45. The van der Waals surface area contributed by atoms with Crippen molar-refractivity contribution in [2.45, 2.75) is 19.1 Å². The van der Waals surface area contributed by atoms with Gasteiger partial charge in [-0.15, -0.1) is 0 Å². The SMILES string of the molecule is Cc1cc(C2CNCC(F)(F)O2)ccn1. The number of ether oxygens (including phenoxy) is 1. The third kappa shape index (κ3) is 2.49. The van der Waals surface area contributed by atoms with E-state index < -0.39 is 18.8 Å². The predicted molar refractivity (Wildman–Crippen MR) is 50.6 cm³/mol. The van der Waals surface area contributed by atoms with Crippen molar-refractivity contribution in [2.24, 2.45) is 0 Å². The van der Waals surface area contributed by atoms with Crippen molar-refractivity contribution in [1.29, 1.82) is 0 Å². The summed E-state index contributed by atoms with van der Waals surface area (Å²) in [5, 5.41) is 2.65. The van der Waals surface area contributed by atoms with Crippen LogP contribution in [0.3, 0.4) is 0 Å². The van der Waals surface area contributed by atoms with Gasteiger partial charge in [-0.25, -0.2) is 0 Å². The Hall–Kier alpha value is -1.07. The first-order valence-corrected chi connectivity index (χ1v) is 4.76. The summed E-state index contributed by atoms with van der Waals surface area (Å²) >= 11 is 0. The molecule has 0 saturated carbocycles. The van der Waals surface area contributed by atoms with Crippen molar-refractivity contribution in [3.8, 4) is 0 Å². The minimum Gasteiger partial charge on any atom is -0.310 e. The third-order valence-corrected chi connectivity index (χ3v) is 2.27. The van der Waals surface area contributed by atoms with Crippen LogP contribution >= 0.6 is 0 Å². The van der Waals surface area contributed by atoms with Crippen molar-refractivity contribution < 1.29 is 13.5 Å². The molecule has 1 fully saturated rings. The normalized spacial score (nSPS) is 25.1. The maximum Gasteiger partial charge on any atom is 0.368 e. The summed E-state index contributed by atoms with van der Waals surface area (Å²) in [6, 6.07) is 3.45. The van der Waals surface area contributed by atoms with Gasteiger partial charge in [-0.2, -0.15) is 8.78 Å². The van der Waals surface area contributed by atoms with Gasteiger partial charge in [0.15, 0.2) is 0 Å². The van der Waals surface area contributed by atoms with Crippen LogP contribution in [0.4, 0.5) is 8.78 Å². The second-order valence-electron chi connectivity index (χ2n) is 3.61. The van der Waals surface area contributed by atoms with Crippen LogP contribution in [0.1, 0.15) is 17.4 Å². The molecule has 1 aromatic rings. The molecule has 1 unspecified atom stereocenters. The number of aromatic nitrogens is 1. The molecule has 1 aliphatic heterocycles. The Bertz CT molecular complexity index is 357. The van der Waals surface area contributed by atoms with Gasteiger partial charge >= 0.3 is 6.11 Å². The zero-order valence-electron chi connectivity index (χ0n) is 8.34. The highest BCUT2D eigenvalue weighted by Gasteiger charge is 2.37. The van der Waals surface area contributed by atoms with E-state index in [4.69, 9.17) is 4.74 Å². The van der Waals surface area contributed by atoms with Crippen molar-refractivity contribution in [1.82, 2.24) is 10.3 Å². The Balaban J connectivity index is 2.17. The van der Waals surface area contributed by atoms with Crippen molar-refractivity contribution >= 4 is 0 Å². The van der Waals surface area contributed by atoms with Gasteiger partial charge < -0.3 is 10.1 Å². The summed E-state index contributed by atoms with van der Waals surface area (Å²) in [5.41, 5.74) is 1.53. The number of pyridine rings is 1. The highest BCUT2D eigenvalue weighted by Crippen LogP contribution is 2.29. The minimum atomic E-state index is -3.08. The number of hydrogen-bond donors (Lipinski definition) is 1. The first kappa shape index (κ1) is 10.4. The highest BCUT2D eigenvalue weighted by atomic mass is 19.3. The van der Waals surface area contributed by atoms with E-state index in [9.17, 15) is 8.78 Å². The number of alkyl halides is 2. The molecule has 1 saturated heterocycles. The standard InChI is InChI=1S/C10H12F2N2O/c1-7-4-8(2-3-14-7)9-5-13-6-10(11,12)15-9/h2-4,9,13H,5-6H2,1H3. The smallest absolute Gasteiger partial charge is 0.310 e. The molecular weight excluding hydrogens is 202 g/mol. The van der Waals surface area contributed by atoms with Crippen molar-refractivity contribution in [3.63, 3.8) is 0 Å². The summed E-state index contributed by atoms with van der Waals surface area (Å²) in [6.45, 7) is 1.80. The van der Waals surface area contributed by atoms with Gasteiger partial charge in [0.25, 0.3) is 0 Å². The van der Waals surface area contributed by atoms with Crippen LogP contribution in [0.25, 0.3) is 0 Å². The molecule has 2 heterocycles. The minimum absolute atomic E-state index is 0.402. The second-order valence-corrected chi connectivity index (χ2v) is 3.61. The predicted octanol–water partition coefficient (Wildman–Crippen LogP) is 1.64. The van der Waals surface area contributed by atoms with E-state index in [0.717, 1.165) is 11.3 Å². The average molecular weight is 214 g/mol. The van der Waals surface area contributed by atoms with Gasteiger partial charge in [0.1, 0.15) is 6.10 Å². The number of nitrogens with one attached hydrogen (secondary N) is 1. The van der Waals surface area contributed by atoms with Crippen LogP contribution in [0.15, 0.2) is 18.3 Å². The van der Waals surface area contributed by atoms with Crippen LogP contribution in [0, 0.1) is 6.92 Å². The monoisotopic (exact) mass is 214 g/mol. The van der Waals surface area contributed by atoms with E-state index >= 15 is 0 Å². The third-order valence-electron chi connectivity index (χ3n) is 2.27. The number of aryl methyl sites for hydroxylation is 1. The molecule has 0 spiro atoms. The second kappa shape index (κ2) is 3.83. The molecule has 0 aromatic carbocycles. The maximum absolute atomic E-state index is 12.9. The molecule has 0 amide bonds. The highest BCUT2D eigenvalue weighted by molar-refractivity contribution is 5.19. The lowest BCUT2D eigenvalue weighted by Gasteiger charge is -2.30. The molecular formula is C10H12F2N2O. The molecule has 1 atom stereocenters. The van der Waals surface area contributed by atoms with E-state index in [-0.39, 0.29) is 0 Å². The molecule has 1 aromatic heterocycles. The molecule has 2 rings (SSSR count). The van der Waals surface area contributed by atoms with E-state index in [0.29, 0.717) is 6.54 Å². The lowest BCUT2D eigenvalue weighted by molar-refractivity contribution is -0.275. The summed E-state index contributed by atoms with van der Waals surface area (Å²) in [5.74, 6) is 0. The van der Waals surface area contributed by atoms with Gasteiger partial charge in [-0.3, -0.25) is 4.98 Å². The van der Waals surface area contributed by atoms with Crippen LogP contribution in [0.5, 0.6) is 0 Å². The van der Waals surface area contributed by atoms with Crippen molar-refractivity contribution in [3.05, 3.63) is 29.6 Å². The molecule has 3 nitrogen and oxygen atoms in total. The van der Waals surface area contributed by atoms with Crippen LogP contribution in [-0.2, 0) is 4.74 Å². The summed E-state index contributed by atoms with van der Waals surface area (Å²) in [7, 11) is 0. The molecule has 15 heavy (non-hydrogen) atoms. The molecule has 5 heteroatoms. The Labute approximate surface area is 86.5 Å². The molecule has 1 aliphatic rings. The largest absolute Gasteiger partial charge is 0.368 e. The molecule has 0 radical (unpaired) electrons. The van der Waals surface area contributed by atoms with Gasteiger partial charge in [0.2, 0.25) is 0 Å². The fourth-order valence-corrected chi connectivity index (χ4v) is 1.59. The molecule has 1 N–H and O–H groups in total. The lowest BCUT2D eigenvalue weighted by atomic mass is 10.1. The maximum atomic E-state index is 12.9. The Morgan fingerprint density at radius 2 is 2.40 bits per heavy atom. The average Bonchev–Trinajstić information content (AvgIpc) is 2.16. The quantitative estimate of drug-likeness (QED) is 0.771. The van der Waals surface area contributed by atoms with E-state index in [1.807, 2.05) is 6.92 Å². The Morgan fingerprint density at radius 1 is 1.60 bits per heavy atom. The number of rotatable bonds is 1. The number of nitrogens with zero attached hydrogens (tertiary/aromatic N) is 1. The zero-order valence-corrected chi connectivity index (χ0v) is 8.34. The van der Waals surface area contributed by atoms with Crippen LogP contribution in [0.2, 0.25) is 0 Å². The number of hydrogen-bond acceptors (Lipinski definition) is 3. The van der Waals surface area contributed by atoms with Crippen LogP contribution < -0.4 is 5.32 Å². The van der Waals surface area contributed by atoms with Gasteiger partial charge in [-0.1, -0.05) is 0 Å². The van der Waals surface area contributed by atoms with E-state index in [2.05, 4.69) is 10.3 Å². The van der Waals surface area contributed by atoms with Crippen molar-refractivity contribution in [2.75, 3.05) is 13.1 Å². The van der Waals surface area contributed by atoms with Gasteiger partial charge in [0.05, 0.1) is 6.54 Å².